The van der Waals surface area contributed by atoms with Crippen LogP contribution in [-0.2, 0) is 6.54 Å². The highest BCUT2D eigenvalue weighted by Crippen LogP contribution is 2.21. The maximum absolute atomic E-state index is 13.7. The van der Waals surface area contributed by atoms with E-state index < -0.39 is 24.1 Å². The number of rotatable bonds is 4. The molecule has 1 aromatic carbocycles. The Bertz CT molecular complexity index is 652. The number of imidazole rings is 1. The molecule has 0 spiro atoms. The highest BCUT2D eigenvalue weighted by atomic mass is 35.5. The van der Waals surface area contributed by atoms with Crippen molar-refractivity contribution in [2.45, 2.75) is 13.0 Å². The van der Waals surface area contributed by atoms with Gasteiger partial charge in [-0.05, 0) is 24.6 Å². The van der Waals surface area contributed by atoms with E-state index in [0.717, 1.165) is 21.4 Å². The van der Waals surface area contributed by atoms with Crippen molar-refractivity contribution in [1.82, 2.24) is 9.13 Å². The van der Waals surface area contributed by atoms with Crippen LogP contribution in [0.2, 0.25) is 5.02 Å². The number of hydrogen-bond donors (Lipinski definition) is 1. The van der Waals surface area contributed by atoms with E-state index in [4.69, 9.17) is 11.6 Å². The molecule has 19 heavy (non-hydrogen) atoms. The van der Waals surface area contributed by atoms with Gasteiger partial charge in [0.2, 0.25) is 5.88 Å². The van der Waals surface area contributed by atoms with Crippen LogP contribution in [0.5, 0.6) is 5.88 Å². The first kappa shape index (κ1) is 13.6. The Kier molecular flexibility index (Phi) is 3.90. The molecule has 1 N–H and O–H groups in total. The summed E-state index contributed by atoms with van der Waals surface area (Å²) in [7, 11) is 0. The molecule has 0 saturated heterocycles. The zero-order chi connectivity index (χ0) is 14.0. The first-order chi connectivity index (χ1) is 9.04. The van der Waals surface area contributed by atoms with Crippen LogP contribution in [0.4, 0.5) is 8.78 Å². The van der Waals surface area contributed by atoms with Gasteiger partial charge in [0.1, 0.15) is 5.82 Å². The topological polar surface area (TPSA) is 47.2 Å². The molecule has 0 unspecified atom stereocenters. The second-order valence-corrected chi connectivity index (χ2v) is 4.37. The molecule has 0 amide bonds. The van der Waals surface area contributed by atoms with E-state index in [1.165, 1.54) is 12.1 Å². The molecule has 0 bridgehead atoms. The Balaban J connectivity index is 2.50. The summed E-state index contributed by atoms with van der Waals surface area (Å²) in [6.07, 6.45) is 1.29. The van der Waals surface area contributed by atoms with Gasteiger partial charge in [-0.15, -0.1) is 0 Å². The third-order valence-corrected chi connectivity index (χ3v) is 2.86. The second kappa shape index (κ2) is 5.44. The summed E-state index contributed by atoms with van der Waals surface area (Å²) in [4.78, 5) is 12.0. The minimum absolute atomic E-state index is 0.106. The number of aryl methyl sites for hydroxylation is 1. The Morgan fingerprint density at radius 3 is 2.74 bits per heavy atom. The van der Waals surface area contributed by atoms with E-state index in [1.807, 2.05) is 0 Å². The van der Waals surface area contributed by atoms with Crippen molar-refractivity contribution in [2.24, 2.45) is 0 Å². The molecule has 7 heteroatoms. The zero-order valence-corrected chi connectivity index (χ0v) is 10.6. The molecule has 0 aliphatic rings. The van der Waals surface area contributed by atoms with Crippen molar-refractivity contribution in [3.63, 3.8) is 0 Å². The number of hydrogen-bond acceptors (Lipinski definition) is 2. The van der Waals surface area contributed by atoms with Crippen molar-refractivity contribution in [1.29, 1.82) is 0 Å². The van der Waals surface area contributed by atoms with Crippen LogP contribution in [0.3, 0.4) is 0 Å². The first-order valence-corrected chi connectivity index (χ1v) is 5.95. The number of aromatic hydroxyl groups is 1. The lowest BCUT2D eigenvalue weighted by atomic mass is 10.3. The Morgan fingerprint density at radius 1 is 1.37 bits per heavy atom. The van der Waals surface area contributed by atoms with Crippen molar-refractivity contribution in [3.8, 4) is 11.6 Å². The molecule has 0 atom stereocenters. The Hall–Kier alpha value is -1.82. The Labute approximate surface area is 112 Å². The van der Waals surface area contributed by atoms with Gasteiger partial charge in [-0.3, -0.25) is 8.96 Å². The standard InChI is InChI=1S/C12H11ClF2N2O2/c13-8-2-3-10(9(15)6-8)17-11(18)7-16(12(17)19)5-1-4-14/h2-3,6-7,18H,1,4-5H2. The van der Waals surface area contributed by atoms with Crippen molar-refractivity contribution in [2.75, 3.05) is 6.67 Å². The van der Waals surface area contributed by atoms with Gasteiger partial charge in [0.15, 0.2) is 0 Å². The summed E-state index contributed by atoms with van der Waals surface area (Å²) in [5, 5.41) is 9.89. The Morgan fingerprint density at radius 2 is 2.11 bits per heavy atom. The number of halogens is 3. The fourth-order valence-corrected chi connectivity index (χ4v) is 1.92. The maximum atomic E-state index is 13.7. The molecule has 0 saturated carbocycles. The van der Waals surface area contributed by atoms with E-state index in [-0.39, 0.29) is 23.7 Å². The molecule has 4 nitrogen and oxygen atoms in total. The van der Waals surface area contributed by atoms with Crippen LogP contribution in [-0.4, -0.2) is 20.9 Å². The molecular formula is C12H11ClF2N2O2. The summed E-state index contributed by atoms with van der Waals surface area (Å²) in [6.45, 7) is -0.460. The predicted molar refractivity (Wildman–Crippen MR) is 67.3 cm³/mol. The van der Waals surface area contributed by atoms with E-state index in [2.05, 4.69) is 0 Å². The van der Waals surface area contributed by atoms with Gasteiger partial charge in [-0.1, -0.05) is 11.6 Å². The molecular weight excluding hydrogens is 278 g/mol. The van der Waals surface area contributed by atoms with Gasteiger partial charge in [0.25, 0.3) is 0 Å². The minimum atomic E-state index is -0.729. The third kappa shape index (κ3) is 2.63. The average molecular weight is 289 g/mol. The summed E-state index contributed by atoms with van der Waals surface area (Å²) in [5.74, 6) is -1.14. The number of benzene rings is 1. The first-order valence-electron chi connectivity index (χ1n) is 5.57. The number of alkyl halides is 1. The molecule has 0 radical (unpaired) electrons. The van der Waals surface area contributed by atoms with Crippen LogP contribution < -0.4 is 5.69 Å². The summed E-state index contributed by atoms with van der Waals surface area (Å²) < 4.78 is 27.8. The minimum Gasteiger partial charge on any atom is -0.493 e. The molecule has 0 fully saturated rings. The molecule has 0 aliphatic heterocycles. The van der Waals surface area contributed by atoms with Crippen LogP contribution in [0.15, 0.2) is 29.2 Å². The molecule has 2 rings (SSSR count). The van der Waals surface area contributed by atoms with Crippen molar-refractivity contribution >= 4 is 11.6 Å². The molecule has 0 aliphatic carbocycles. The van der Waals surface area contributed by atoms with Gasteiger partial charge < -0.3 is 5.11 Å². The summed E-state index contributed by atoms with van der Waals surface area (Å²) >= 11 is 5.62. The average Bonchev–Trinajstić information content (AvgIpc) is 2.63. The smallest absolute Gasteiger partial charge is 0.335 e. The quantitative estimate of drug-likeness (QED) is 0.939. The molecule has 1 heterocycles. The molecule has 1 aromatic heterocycles. The predicted octanol–water partition coefficient (Wildman–Crippen LogP) is 2.50. The van der Waals surface area contributed by atoms with Gasteiger partial charge in [-0.25, -0.2) is 13.8 Å². The van der Waals surface area contributed by atoms with Crippen molar-refractivity contribution in [3.05, 3.63) is 45.7 Å². The molecule has 102 valence electrons. The van der Waals surface area contributed by atoms with E-state index in [9.17, 15) is 18.7 Å². The lowest BCUT2D eigenvalue weighted by Crippen LogP contribution is -2.23. The van der Waals surface area contributed by atoms with E-state index in [0.29, 0.717) is 0 Å². The fraction of sp³-hybridized carbons (Fsp3) is 0.250. The number of aromatic nitrogens is 2. The van der Waals surface area contributed by atoms with Crippen LogP contribution in [0.1, 0.15) is 6.42 Å². The molecule has 2 aromatic rings. The summed E-state index contributed by atoms with van der Waals surface area (Å²) in [5.41, 5.74) is -0.738. The fourth-order valence-electron chi connectivity index (χ4n) is 1.76. The number of nitrogens with zero attached hydrogens (tertiary/aromatic N) is 2. The van der Waals surface area contributed by atoms with Crippen LogP contribution in [0, 0.1) is 5.82 Å². The zero-order valence-electron chi connectivity index (χ0n) is 9.81. The largest absolute Gasteiger partial charge is 0.493 e. The van der Waals surface area contributed by atoms with Crippen molar-refractivity contribution < 1.29 is 13.9 Å². The van der Waals surface area contributed by atoms with Gasteiger partial charge in [-0.2, -0.15) is 0 Å². The lowest BCUT2D eigenvalue weighted by molar-refractivity contribution is 0.436. The van der Waals surface area contributed by atoms with Gasteiger partial charge >= 0.3 is 5.69 Å². The summed E-state index contributed by atoms with van der Waals surface area (Å²) in [6, 6.07) is 3.74. The second-order valence-electron chi connectivity index (χ2n) is 3.94. The van der Waals surface area contributed by atoms with Gasteiger partial charge in [0, 0.05) is 11.6 Å². The monoisotopic (exact) mass is 288 g/mol. The lowest BCUT2D eigenvalue weighted by Gasteiger charge is -2.04. The maximum Gasteiger partial charge on any atom is 0.335 e. The van der Waals surface area contributed by atoms with Crippen LogP contribution >= 0.6 is 11.6 Å². The van der Waals surface area contributed by atoms with Crippen LogP contribution in [0.25, 0.3) is 5.69 Å². The SMILES string of the molecule is O=c1n(CCCF)cc(O)n1-c1ccc(Cl)cc1F. The normalized spacial score (nSPS) is 10.9. The van der Waals surface area contributed by atoms with E-state index >= 15 is 0 Å². The third-order valence-electron chi connectivity index (χ3n) is 2.62. The van der Waals surface area contributed by atoms with Gasteiger partial charge in [0.05, 0.1) is 18.6 Å². The van der Waals surface area contributed by atoms with E-state index in [1.54, 1.807) is 0 Å². The highest BCUT2D eigenvalue weighted by molar-refractivity contribution is 6.30. The highest BCUT2D eigenvalue weighted by Gasteiger charge is 2.15.